The molecule has 1 aliphatic heterocycles. The summed E-state index contributed by atoms with van der Waals surface area (Å²) in [6.07, 6.45) is -3.13. The third kappa shape index (κ3) is 11.0. The van der Waals surface area contributed by atoms with Crippen molar-refractivity contribution in [2.24, 2.45) is 0 Å². The fourth-order valence-electron chi connectivity index (χ4n) is 2.68. The van der Waals surface area contributed by atoms with Gasteiger partial charge in [-0.3, -0.25) is 0 Å². The normalized spacial score (nSPS) is 24.7. The van der Waals surface area contributed by atoms with Crippen molar-refractivity contribution in [3.8, 4) is 0 Å². The average Bonchev–Trinajstić information content (AvgIpc) is 3.07. The summed E-state index contributed by atoms with van der Waals surface area (Å²) in [5, 5.41) is 19.3. The molecular weight excluding hydrogens is 388 g/mol. The molecule has 1 saturated heterocycles. The third-order valence-corrected chi connectivity index (χ3v) is 4.32. The monoisotopic (exact) mass is 426 g/mol. The number of aliphatic hydroxyl groups is 2. The highest BCUT2D eigenvalue weighted by atomic mass is 16.8. The minimum atomic E-state index is -1.09. The summed E-state index contributed by atoms with van der Waals surface area (Å²) < 4.78 is 43.8. The number of rotatable bonds is 17. The Balaban J connectivity index is 2.31. The molecule has 2 unspecified atom stereocenters. The highest BCUT2D eigenvalue weighted by Gasteiger charge is 2.43. The summed E-state index contributed by atoms with van der Waals surface area (Å²) in [6, 6.07) is 0. The van der Waals surface area contributed by atoms with Crippen molar-refractivity contribution in [3.63, 3.8) is 0 Å². The average molecular weight is 427 g/mol. The number of hydrogen-bond acceptors (Lipinski definition) is 10. The lowest BCUT2D eigenvalue weighted by Crippen LogP contribution is -2.40. The zero-order valence-corrected chi connectivity index (χ0v) is 18.2. The Labute approximate surface area is 173 Å². The van der Waals surface area contributed by atoms with Crippen LogP contribution in [0.4, 0.5) is 0 Å². The van der Waals surface area contributed by atoms with E-state index in [1.54, 1.807) is 27.9 Å². The van der Waals surface area contributed by atoms with E-state index in [-0.39, 0.29) is 0 Å². The lowest BCUT2D eigenvalue weighted by molar-refractivity contribution is -0.284. The fourth-order valence-corrected chi connectivity index (χ4v) is 2.68. The van der Waals surface area contributed by atoms with Gasteiger partial charge in [0.25, 0.3) is 0 Å². The summed E-state index contributed by atoms with van der Waals surface area (Å²) in [6.45, 7) is 7.64. The van der Waals surface area contributed by atoms with Crippen LogP contribution in [0.5, 0.6) is 0 Å². The van der Waals surface area contributed by atoms with E-state index in [4.69, 9.17) is 37.9 Å². The molecule has 1 fully saturated rings. The smallest absolute Gasteiger partial charge is 0.165 e. The SMILES string of the molecule is COCCOCCOCCOC(C)O[C@@H]1C[C@@H](OC(C)(C)OC)O[C@@H]1C(O)CO. The van der Waals surface area contributed by atoms with Crippen molar-refractivity contribution in [1.82, 2.24) is 0 Å². The predicted molar refractivity (Wildman–Crippen MR) is 102 cm³/mol. The second kappa shape index (κ2) is 14.6. The molecule has 0 aromatic rings. The Bertz CT molecular complexity index is 408. The van der Waals surface area contributed by atoms with Crippen LogP contribution in [-0.4, -0.2) is 107 Å². The van der Waals surface area contributed by atoms with Gasteiger partial charge in [0.2, 0.25) is 0 Å². The van der Waals surface area contributed by atoms with Gasteiger partial charge in [0.1, 0.15) is 12.2 Å². The van der Waals surface area contributed by atoms with Crippen LogP contribution in [0.15, 0.2) is 0 Å². The predicted octanol–water partition coefficient (Wildman–Crippen LogP) is 0.281. The van der Waals surface area contributed by atoms with E-state index >= 15 is 0 Å². The molecule has 174 valence electrons. The van der Waals surface area contributed by atoms with Gasteiger partial charge < -0.3 is 48.1 Å². The molecule has 1 heterocycles. The maximum atomic E-state index is 10.0. The van der Waals surface area contributed by atoms with Gasteiger partial charge in [-0.15, -0.1) is 0 Å². The quantitative estimate of drug-likeness (QED) is 0.248. The second-order valence-electron chi connectivity index (χ2n) is 7.07. The third-order valence-electron chi connectivity index (χ3n) is 4.32. The van der Waals surface area contributed by atoms with Crippen LogP contribution in [-0.2, 0) is 37.9 Å². The van der Waals surface area contributed by atoms with Gasteiger partial charge in [0.05, 0.1) is 52.4 Å². The fraction of sp³-hybridized carbons (Fsp3) is 1.00. The second-order valence-corrected chi connectivity index (χ2v) is 7.07. The van der Waals surface area contributed by atoms with Gasteiger partial charge in [-0.05, 0) is 20.8 Å². The van der Waals surface area contributed by atoms with Crippen LogP contribution in [0, 0.1) is 0 Å². The van der Waals surface area contributed by atoms with E-state index in [9.17, 15) is 10.2 Å². The molecule has 2 N–H and O–H groups in total. The lowest BCUT2D eigenvalue weighted by Gasteiger charge is -2.27. The van der Waals surface area contributed by atoms with Gasteiger partial charge in [0, 0.05) is 20.6 Å². The summed E-state index contributed by atoms with van der Waals surface area (Å²) in [5.74, 6) is -0.846. The highest BCUT2D eigenvalue weighted by molar-refractivity contribution is 4.86. The zero-order valence-electron chi connectivity index (χ0n) is 18.2. The van der Waals surface area contributed by atoms with Crippen molar-refractivity contribution in [1.29, 1.82) is 0 Å². The van der Waals surface area contributed by atoms with E-state index in [1.165, 1.54) is 7.11 Å². The van der Waals surface area contributed by atoms with Gasteiger partial charge in [-0.1, -0.05) is 0 Å². The van der Waals surface area contributed by atoms with E-state index in [0.717, 1.165) is 0 Å². The summed E-state index contributed by atoms with van der Waals surface area (Å²) in [7, 11) is 3.16. The van der Waals surface area contributed by atoms with Crippen molar-refractivity contribution in [2.75, 3.05) is 60.5 Å². The molecule has 1 aliphatic rings. The maximum Gasteiger partial charge on any atom is 0.165 e. The number of ether oxygens (including phenoxy) is 8. The molecule has 29 heavy (non-hydrogen) atoms. The molecule has 0 aliphatic carbocycles. The minimum Gasteiger partial charge on any atom is -0.394 e. The first kappa shape index (κ1) is 26.6. The molecule has 0 saturated carbocycles. The highest BCUT2D eigenvalue weighted by Crippen LogP contribution is 2.30. The Hall–Kier alpha value is -0.400. The van der Waals surface area contributed by atoms with Crippen molar-refractivity contribution in [3.05, 3.63) is 0 Å². The Morgan fingerprint density at radius 2 is 1.66 bits per heavy atom. The molecule has 10 nitrogen and oxygen atoms in total. The molecular formula is C19H38O10. The molecule has 0 aromatic carbocycles. The zero-order chi connectivity index (χ0) is 21.7. The van der Waals surface area contributed by atoms with Crippen LogP contribution >= 0.6 is 0 Å². The van der Waals surface area contributed by atoms with Gasteiger partial charge in [0.15, 0.2) is 18.4 Å². The molecule has 0 radical (unpaired) electrons. The Kier molecular flexibility index (Phi) is 13.4. The van der Waals surface area contributed by atoms with Crippen molar-refractivity contribution < 1.29 is 48.1 Å². The Morgan fingerprint density at radius 1 is 1.03 bits per heavy atom. The van der Waals surface area contributed by atoms with E-state index in [1.807, 2.05) is 0 Å². The molecule has 0 bridgehead atoms. The topological polar surface area (TPSA) is 114 Å². The Morgan fingerprint density at radius 3 is 2.24 bits per heavy atom. The lowest BCUT2D eigenvalue weighted by atomic mass is 10.1. The van der Waals surface area contributed by atoms with Crippen LogP contribution in [0.25, 0.3) is 0 Å². The summed E-state index contributed by atoms with van der Waals surface area (Å²) >= 11 is 0. The first-order valence-corrected chi connectivity index (χ1v) is 9.91. The first-order chi connectivity index (χ1) is 13.8. The van der Waals surface area contributed by atoms with E-state index < -0.39 is 43.3 Å². The summed E-state index contributed by atoms with van der Waals surface area (Å²) in [4.78, 5) is 0. The number of methoxy groups -OCH3 is 2. The van der Waals surface area contributed by atoms with Gasteiger partial charge in [-0.25, -0.2) is 0 Å². The standard InChI is InChI=1S/C19H38O10/c1-14(26-11-10-25-9-8-24-7-6-22-4)27-16-12-17(29-19(2,3)23-5)28-18(16)15(21)13-20/h14-18,20-21H,6-13H2,1-5H3/t14?,15?,16-,17-,18-/m1/s1. The minimum absolute atomic E-state index is 0.344. The van der Waals surface area contributed by atoms with Gasteiger partial charge in [-0.2, -0.15) is 0 Å². The molecule has 5 atom stereocenters. The first-order valence-electron chi connectivity index (χ1n) is 9.91. The molecule has 10 heteroatoms. The number of aliphatic hydroxyl groups excluding tert-OH is 2. The van der Waals surface area contributed by atoms with Crippen molar-refractivity contribution >= 4 is 0 Å². The largest absolute Gasteiger partial charge is 0.394 e. The van der Waals surface area contributed by atoms with Crippen LogP contribution < -0.4 is 0 Å². The van der Waals surface area contributed by atoms with Crippen LogP contribution in [0.3, 0.4) is 0 Å². The molecule has 0 aromatic heterocycles. The molecule has 1 rings (SSSR count). The van der Waals surface area contributed by atoms with Crippen LogP contribution in [0.1, 0.15) is 27.2 Å². The summed E-state index contributed by atoms with van der Waals surface area (Å²) in [5.41, 5.74) is 0. The number of hydrogen-bond donors (Lipinski definition) is 2. The molecule has 0 amide bonds. The maximum absolute atomic E-state index is 10.0. The molecule has 0 spiro atoms. The van der Waals surface area contributed by atoms with Gasteiger partial charge >= 0.3 is 0 Å². The van der Waals surface area contributed by atoms with E-state index in [2.05, 4.69) is 0 Å². The van der Waals surface area contributed by atoms with Crippen molar-refractivity contribution in [2.45, 2.75) is 63.9 Å². The van der Waals surface area contributed by atoms with Crippen LogP contribution in [0.2, 0.25) is 0 Å². The van der Waals surface area contributed by atoms with E-state index in [0.29, 0.717) is 46.1 Å².